The van der Waals surface area contributed by atoms with Gasteiger partial charge >= 0.3 is 18.3 Å². The van der Waals surface area contributed by atoms with Gasteiger partial charge in [-0.1, -0.05) is 90.4 Å². The third-order valence-corrected chi connectivity index (χ3v) is 13.3. The molecule has 9 nitrogen and oxygen atoms in total. The van der Waals surface area contributed by atoms with Gasteiger partial charge < -0.3 is 35.6 Å². The van der Waals surface area contributed by atoms with Gasteiger partial charge in [0.2, 0.25) is 0 Å². The highest BCUT2D eigenvalue weighted by molar-refractivity contribution is 5.99. The number of carbonyl (C=O) groups is 2. The standard InChI is InChI=1S/C23H21F3O3.C12H9F3O3.C11H14O.C10H13NO.4CH4/c24-23(25,26)17-5-7-20-16(8-9-29-22(20)12-17)11-19(28)10-15-3-1-2-14-4-6-18(27)13-21(14)15;13-12(14,15)8-1-2-9-7(5-11(16)17)3-4-18-10(9)6-8;1-8-3-2-4-9-5-6-10(12)7-11(8)9;11-10-3-1-2-7-4-5-8(12)6-9(7)10;;;;/h1-3,5,7,11-12,18,27H,4,6,8-10,13H2;1-2,5-6H,3-4H2,(H,16,17);2-4,10,12H,5-7H2,1H3;1-3,8,12H,4-6,11H2;4*1H4/b16-11+;7-5+;;;;;;/t18-;;10-;8-;;;;/m1.11..../s1. The Morgan fingerprint density at radius 3 is 1.51 bits per heavy atom. The van der Waals surface area contributed by atoms with Gasteiger partial charge in [-0.05, 0) is 150 Å². The van der Waals surface area contributed by atoms with Crippen LogP contribution in [0.15, 0.2) is 103 Å². The molecule has 0 radical (unpaired) electrons. The third-order valence-electron chi connectivity index (χ3n) is 13.3. The van der Waals surface area contributed by atoms with Crippen LogP contribution >= 0.6 is 0 Å². The minimum atomic E-state index is -4.44. The van der Waals surface area contributed by atoms with E-state index in [9.17, 15) is 51.3 Å². The van der Waals surface area contributed by atoms with Crippen LogP contribution in [0.25, 0.3) is 11.1 Å². The number of halogens is 6. The van der Waals surface area contributed by atoms with Crippen molar-refractivity contribution in [3.05, 3.63) is 170 Å². The molecule has 0 spiro atoms. The largest absolute Gasteiger partial charge is 0.493 e. The van der Waals surface area contributed by atoms with Gasteiger partial charge in [0.15, 0.2) is 5.78 Å². The van der Waals surface area contributed by atoms with Crippen LogP contribution in [0.5, 0.6) is 11.5 Å². The lowest BCUT2D eigenvalue weighted by molar-refractivity contribution is -0.138. The number of carbonyl (C=O) groups excluding carboxylic acids is 1. The number of carboxylic acids is 1. The van der Waals surface area contributed by atoms with Gasteiger partial charge in [-0.2, -0.15) is 26.3 Å². The van der Waals surface area contributed by atoms with E-state index >= 15 is 0 Å². The molecule has 2 aliphatic heterocycles. The van der Waals surface area contributed by atoms with Crippen LogP contribution in [-0.2, 0) is 66.9 Å². The first-order valence-corrected chi connectivity index (χ1v) is 23.7. The highest BCUT2D eigenvalue weighted by Gasteiger charge is 2.33. The number of aliphatic hydroxyl groups is 3. The summed E-state index contributed by atoms with van der Waals surface area (Å²) in [5.41, 5.74) is 16.8. The van der Waals surface area contributed by atoms with E-state index in [0.717, 1.165) is 104 Å². The van der Waals surface area contributed by atoms with Crippen LogP contribution in [0.1, 0.15) is 129 Å². The molecule has 6 N–H and O–H groups in total. The van der Waals surface area contributed by atoms with E-state index in [4.69, 9.17) is 20.3 Å². The van der Waals surface area contributed by atoms with E-state index in [2.05, 4.69) is 31.2 Å². The number of hydrogen-bond donors (Lipinski definition) is 5. The second-order valence-corrected chi connectivity index (χ2v) is 18.4. The summed E-state index contributed by atoms with van der Waals surface area (Å²) >= 11 is 0. The number of allylic oxidation sites excluding steroid dienone is 1. The van der Waals surface area contributed by atoms with Crippen molar-refractivity contribution in [1.29, 1.82) is 0 Å². The first-order valence-electron chi connectivity index (χ1n) is 23.7. The molecule has 5 aromatic rings. The van der Waals surface area contributed by atoms with Gasteiger partial charge in [-0.25, -0.2) is 4.79 Å². The van der Waals surface area contributed by atoms with Crippen molar-refractivity contribution in [3.8, 4) is 11.5 Å². The summed E-state index contributed by atoms with van der Waals surface area (Å²) in [6.07, 6.45) is 1.43. The zero-order chi connectivity index (χ0) is 51.0. The number of nitrogens with two attached hydrogens (primary N) is 1. The molecular formula is C60H73F6NO8. The van der Waals surface area contributed by atoms with Gasteiger partial charge in [-0.3, -0.25) is 4.79 Å². The fourth-order valence-electron chi connectivity index (χ4n) is 9.62. The number of benzene rings is 5. The van der Waals surface area contributed by atoms with Gasteiger partial charge in [-0.15, -0.1) is 0 Å². The van der Waals surface area contributed by atoms with Crippen LogP contribution in [-0.4, -0.2) is 63.7 Å². The summed E-state index contributed by atoms with van der Waals surface area (Å²) in [7, 11) is 0. The molecule has 3 aliphatic carbocycles. The number of hydrogen-bond acceptors (Lipinski definition) is 8. The zero-order valence-corrected chi connectivity index (χ0v) is 39.2. The first-order chi connectivity index (χ1) is 33.7. The summed E-state index contributed by atoms with van der Waals surface area (Å²) in [5.74, 6) is -1.01. The van der Waals surface area contributed by atoms with Crippen LogP contribution in [0.4, 0.5) is 32.0 Å². The van der Waals surface area contributed by atoms with Crippen molar-refractivity contribution < 1.29 is 65.8 Å². The molecule has 0 unspecified atom stereocenters. The minimum Gasteiger partial charge on any atom is -0.493 e. The molecule has 0 saturated heterocycles. The average molecular weight is 1050 g/mol. The molecule has 0 fully saturated rings. The van der Waals surface area contributed by atoms with E-state index in [1.54, 1.807) is 0 Å². The summed E-state index contributed by atoms with van der Waals surface area (Å²) in [5, 5.41) is 37.6. The van der Waals surface area contributed by atoms with Crippen molar-refractivity contribution >= 4 is 28.6 Å². The number of nitrogen functional groups attached to an aromatic ring is 1. The minimum absolute atomic E-state index is 0. The Kier molecular flexibility index (Phi) is 23.0. The van der Waals surface area contributed by atoms with Crippen molar-refractivity contribution in [2.24, 2.45) is 0 Å². The summed E-state index contributed by atoms with van der Waals surface area (Å²) in [6.45, 7) is 2.53. The lowest BCUT2D eigenvalue weighted by Gasteiger charge is -2.23. The quantitative estimate of drug-likeness (QED) is 0.0671. The molecule has 10 rings (SSSR count). The summed E-state index contributed by atoms with van der Waals surface area (Å²) in [6, 6.07) is 24.7. The number of alkyl halides is 6. The Hall–Kier alpha value is -6.42. The van der Waals surface area contributed by atoms with Crippen LogP contribution in [0.3, 0.4) is 0 Å². The van der Waals surface area contributed by atoms with Gasteiger partial charge in [0, 0.05) is 48.6 Å². The third kappa shape index (κ3) is 16.5. The predicted molar refractivity (Wildman–Crippen MR) is 285 cm³/mol. The number of carboxylic acid groups (broad SMARTS) is 1. The molecule has 0 aromatic heterocycles. The molecule has 15 heteroatoms. The Morgan fingerprint density at radius 1 is 0.587 bits per heavy atom. The Bertz CT molecular complexity index is 2740. The number of fused-ring (bicyclic) bond motifs is 5. The normalized spacial score (nSPS) is 18.9. The monoisotopic (exact) mass is 1050 g/mol. The van der Waals surface area contributed by atoms with Crippen molar-refractivity contribution in [1.82, 2.24) is 0 Å². The van der Waals surface area contributed by atoms with Crippen molar-refractivity contribution in [2.45, 2.75) is 144 Å². The Balaban J connectivity index is 0.000000278. The number of aryl methyl sites for hydroxylation is 4. The smallest absolute Gasteiger partial charge is 0.416 e. The van der Waals surface area contributed by atoms with E-state index in [0.29, 0.717) is 41.5 Å². The van der Waals surface area contributed by atoms with Crippen molar-refractivity contribution in [2.75, 3.05) is 18.9 Å². The second kappa shape index (κ2) is 27.4. The first kappa shape index (κ1) is 62.9. The molecule has 0 bridgehead atoms. The molecule has 0 amide bonds. The molecule has 5 aromatic carbocycles. The maximum absolute atomic E-state index is 12.9. The Morgan fingerprint density at radius 2 is 1.01 bits per heavy atom. The SMILES string of the molecule is C.C.C.C.Cc1cccc2c1C[C@H](O)CC2.Nc1cccc2c1C[C@H](O)CC2.O=C(/C=C1\CCOc2cc(C(F)(F)F)ccc21)Cc1cccc2c1C[C@H](O)CC2.O=C(O)/C=C1\CCOc2cc(C(F)(F)F)ccc21. The number of aliphatic carboxylic acids is 1. The molecule has 0 saturated carbocycles. The van der Waals surface area contributed by atoms with Crippen LogP contribution in [0.2, 0.25) is 0 Å². The number of ether oxygens (including phenoxy) is 2. The average Bonchev–Trinajstić information content (AvgIpc) is 3.32. The molecule has 5 aliphatic rings. The number of ketones is 1. The molecule has 75 heavy (non-hydrogen) atoms. The van der Waals surface area contributed by atoms with Crippen molar-refractivity contribution in [3.63, 3.8) is 0 Å². The molecule has 2 heterocycles. The van der Waals surface area contributed by atoms with Crippen LogP contribution < -0.4 is 15.2 Å². The van der Waals surface area contributed by atoms with Gasteiger partial charge in [0.25, 0.3) is 0 Å². The lowest BCUT2D eigenvalue weighted by atomic mass is 9.85. The number of anilines is 1. The fraction of sp³-hybridized carbons (Fsp3) is 0.400. The molecule has 3 atom stereocenters. The van der Waals surface area contributed by atoms with E-state index < -0.39 is 29.4 Å². The summed E-state index contributed by atoms with van der Waals surface area (Å²) in [4.78, 5) is 23.3. The highest BCUT2D eigenvalue weighted by Crippen LogP contribution is 2.40. The predicted octanol–water partition coefficient (Wildman–Crippen LogP) is 13.0. The van der Waals surface area contributed by atoms with E-state index in [-0.39, 0.29) is 84.9 Å². The van der Waals surface area contributed by atoms with E-state index in [1.807, 2.05) is 30.3 Å². The summed E-state index contributed by atoms with van der Waals surface area (Å²) < 4.78 is 86.8. The maximum Gasteiger partial charge on any atom is 0.416 e. The van der Waals surface area contributed by atoms with Gasteiger partial charge in [0.1, 0.15) is 11.5 Å². The number of aliphatic hydroxyl groups excluding tert-OH is 3. The highest BCUT2D eigenvalue weighted by atomic mass is 19.4. The fourth-order valence-corrected chi connectivity index (χ4v) is 9.62. The molecular weight excluding hydrogens is 977 g/mol. The topological polar surface area (TPSA) is 160 Å². The zero-order valence-electron chi connectivity index (χ0n) is 39.2. The van der Waals surface area contributed by atoms with Gasteiger partial charge in [0.05, 0.1) is 42.7 Å². The maximum atomic E-state index is 12.9. The second-order valence-electron chi connectivity index (χ2n) is 18.4. The number of rotatable bonds is 4. The van der Waals surface area contributed by atoms with Crippen LogP contribution in [0, 0.1) is 6.92 Å². The molecule has 408 valence electrons. The Labute approximate surface area is 437 Å². The van der Waals surface area contributed by atoms with E-state index in [1.165, 1.54) is 46.0 Å². The lowest BCUT2D eigenvalue weighted by Crippen LogP contribution is -2.20.